The van der Waals surface area contributed by atoms with E-state index < -0.39 is 0 Å². The van der Waals surface area contributed by atoms with E-state index in [1.165, 1.54) is 11.8 Å². The van der Waals surface area contributed by atoms with E-state index in [4.69, 9.17) is 4.52 Å². The Balaban J connectivity index is 1.45. The van der Waals surface area contributed by atoms with Gasteiger partial charge in [-0.1, -0.05) is 59.8 Å². The van der Waals surface area contributed by atoms with Gasteiger partial charge in [0.25, 0.3) is 5.91 Å². The molecule has 4 rings (SSSR count). The Morgan fingerprint density at radius 1 is 1.15 bits per heavy atom. The summed E-state index contributed by atoms with van der Waals surface area (Å²) in [6, 6.07) is 17.6. The van der Waals surface area contributed by atoms with E-state index in [9.17, 15) is 9.90 Å². The van der Waals surface area contributed by atoms with Gasteiger partial charge in [-0.3, -0.25) is 4.79 Å². The van der Waals surface area contributed by atoms with Crippen LogP contribution in [0.4, 0.5) is 0 Å². The third-order valence-electron chi connectivity index (χ3n) is 5.11. The Morgan fingerprint density at radius 3 is 2.78 bits per heavy atom. The molecule has 1 N–H and O–H groups in total. The Bertz CT molecular complexity index is 920. The molecule has 5 nitrogen and oxygen atoms in total. The van der Waals surface area contributed by atoms with Gasteiger partial charge in [0.15, 0.2) is 5.76 Å². The molecule has 0 unspecified atom stereocenters. The van der Waals surface area contributed by atoms with Gasteiger partial charge in [0, 0.05) is 18.7 Å². The van der Waals surface area contributed by atoms with Crippen LogP contribution in [0, 0.1) is 5.92 Å². The van der Waals surface area contributed by atoms with Gasteiger partial charge in [-0.15, -0.1) is 0 Å². The molecule has 1 saturated heterocycles. The molecule has 2 aromatic carbocycles. The fraction of sp³-hybridized carbons (Fsp3) is 0.273. The first-order valence-corrected chi connectivity index (χ1v) is 9.22. The average Bonchev–Trinajstić information content (AvgIpc) is 3.38. The summed E-state index contributed by atoms with van der Waals surface area (Å²) < 4.78 is 5.36. The maximum atomic E-state index is 13.0. The monoisotopic (exact) mass is 362 g/mol. The Labute approximate surface area is 158 Å². The van der Waals surface area contributed by atoms with Gasteiger partial charge in [0.05, 0.1) is 12.8 Å². The molecule has 0 radical (unpaired) electrons. The topological polar surface area (TPSA) is 66.6 Å². The number of benzene rings is 2. The molecule has 1 aliphatic rings. The lowest BCUT2D eigenvalue weighted by molar-refractivity contribution is 0.0787. The first kappa shape index (κ1) is 17.5. The maximum Gasteiger partial charge on any atom is 0.259 e. The summed E-state index contributed by atoms with van der Waals surface area (Å²) in [7, 11) is 0. The van der Waals surface area contributed by atoms with E-state index in [0.717, 1.165) is 37.1 Å². The predicted molar refractivity (Wildman–Crippen MR) is 102 cm³/mol. The zero-order chi connectivity index (χ0) is 18.6. The fourth-order valence-electron chi connectivity index (χ4n) is 3.73. The highest BCUT2D eigenvalue weighted by Gasteiger charge is 2.30. The van der Waals surface area contributed by atoms with Crippen LogP contribution in [0.25, 0.3) is 11.3 Å². The summed E-state index contributed by atoms with van der Waals surface area (Å²) in [4.78, 5) is 14.9. The van der Waals surface area contributed by atoms with Crippen molar-refractivity contribution in [3.63, 3.8) is 0 Å². The van der Waals surface area contributed by atoms with Crippen LogP contribution in [-0.2, 0) is 13.0 Å². The van der Waals surface area contributed by atoms with E-state index in [1.807, 2.05) is 53.4 Å². The highest BCUT2D eigenvalue weighted by molar-refractivity contribution is 5.99. The molecule has 0 aliphatic carbocycles. The van der Waals surface area contributed by atoms with Crippen molar-refractivity contribution in [2.75, 3.05) is 13.1 Å². The Kier molecular flexibility index (Phi) is 5.03. The van der Waals surface area contributed by atoms with Crippen molar-refractivity contribution in [3.8, 4) is 11.3 Å². The molecule has 0 spiro atoms. The van der Waals surface area contributed by atoms with Crippen LogP contribution in [0.3, 0.4) is 0 Å². The lowest BCUT2D eigenvalue weighted by Gasteiger charge is -2.16. The van der Waals surface area contributed by atoms with Gasteiger partial charge in [0.1, 0.15) is 5.56 Å². The highest BCUT2D eigenvalue weighted by Crippen LogP contribution is 2.28. The minimum atomic E-state index is -0.0262. The number of likely N-dealkylation sites (tertiary alicyclic amines) is 1. The molecule has 3 aromatic rings. The smallest absolute Gasteiger partial charge is 0.259 e. The van der Waals surface area contributed by atoms with Crippen LogP contribution in [-0.4, -0.2) is 34.2 Å². The lowest BCUT2D eigenvalue weighted by Crippen LogP contribution is -2.29. The summed E-state index contributed by atoms with van der Waals surface area (Å²) in [5, 5.41) is 13.1. The van der Waals surface area contributed by atoms with E-state index in [0.29, 0.717) is 17.2 Å². The molecule has 1 atom stereocenters. The lowest BCUT2D eigenvalue weighted by atomic mass is 9.97. The standard InChI is InChI=1S/C22H22N2O3/c25-15-18-6-4-5-16(12-18)11-17-9-10-24(14-17)22(26)20-13-23-27-21(20)19-7-2-1-3-8-19/h1-8,12-13,17,25H,9-11,14-15H2/t17-/m1/s1. The number of carbonyl (C=O) groups is 1. The van der Waals surface area contributed by atoms with Gasteiger partial charge in [0.2, 0.25) is 0 Å². The summed E-state index contributed by atoms with van der Waals surface area (Å²) in [5.74, 6) is 0.921. The minimum Gasteiger partial charge on any atom is -0.392 e. The molecular weight excluding hydrogens is 340 g/mol. The molecule has 0 bridgehead atoms. The van der Waals surface area contributed by atoms with Crippen molar-refractivity contribution in [2.24, 2.45) is 5.92 Å². The van der Waals surface area contributed by atoms with E-state index in [2.05, 4.69) is 11.2 Å². The summed E-state index contributed by atoms with van der Waals surface area (Å²) in [6.45, 7) is 1.52. The van der Waals surface area contributed by atoms with Crippen molar-refractivity contribution in [1.82, 2.24) is 10.1 Å². The second kappa shape index (κ2) is 7.76. The van der Waals surface area contributed by atoms with Crippen molar-refractivity contribution in [2.45, 2.75) is 19.4 Å². The molecule has 5 heteroatoms. The van der Waals surface area contributed by atoms with E-state index in [-0.39, 0.29) is 12.5 Å². The zero-order valence-electron chi connectivity index (χ0n) is 15.0. The second-order valence-electron chi connectivity index (χ2n) is 7.02. The van der Waals surface area contributed by atoms with Gasteiger partial charge >= 0.3 is 0 Å². The largest absolute Gasteiger partial charge is 0.392 e. The van der Waals surface area contributed by atoms with Crippen LogP contribution in [0.2, 0.25) is 0 Å². The molecule has 1 amide bonds. The SMILES string of the molecule is O=C(c1cnoc1-c1ccccc1)N1CC[C@H](Cc2cccc(CO)c2)C1. The highest BCUT2D eigenvalue weighted by atomic mass is 16.5. The molecule has 138 valence electrons. The molecule has 2 heterocycles. The normalized spacial score (nSPS) is 16.6. The quantitative estimate of drug-likeness (QED) is 0.754. The molecular formula is C22H22N2O3. The van der Waals surface area contributed by atoms with Crippen LogP contribution in [0.15, 0.2) is 65.3 Å². The van der Waals surface area contributed by atoms with Crippen molar-refractivity contribution in [3.05, 3.63) is 77.5 Å². The van der Waals surface area contributed by atoms with Crippen molar-refractivity contribution < 1.29 is 14.4 Å². The third kappa shape index (κ3) is 3.78. The fourth-order valence-corrected chi connectivity index (χ4v) is 3.73. The average molecular weight is 362 g/mol. The van der Waals surface area contributed by atoms with Crippen molar-refractivity contribution >= 4 is 5.91 Å². The van der Waals surface area contributed by atoms with E-state index in [1.54, 1.807) is 0 Å². The molecule has 1 aromatic heterocycles. The predicted octanol–water partition coefficient (Wildman–Crippen LogP) is 3.54. The summed E-state index contributed by atoms with van der Waals surface area (Å²) in [6.07, 6.45) is 3.40. The molecule has 27 heavy (non-hydrogen) atoms. The number of aliphatic hydroxyl groups is 1. The Hall–Kier alpha value is -2.92. The second-order valence-corrected chi connectivity index (χ2v) is 7.02. The third-order valence-corrected chi connectivity index (χ3v) is 5.11. The van der Waals surface area contributed by atoms with Gasteiger partial charge in [-0.25, -0.2) is 0 Å². The van der Waals surface area contributed by atoms with Crippen LogP contribution < -0.4 is 0 Å². The number of rotatable bonds is 5. The van der Waals surface area contributed by atoms with Gasteiger partial charge < -0.3 is 14.5 Å². The van der Waals surface area contributed by atoms with Crippen LogP contribution in [0.1, 0.15) is 27.9 Å². The number of hydrogen-bond donors (Lipinski definition) is 1. The van der Waals surface area contributed by atoms with Gasteiger partial charge in [-0.05, 0) is 29.9 Å². The first-order chi connectivity index (χ1) is 13.2. The van der Waals surface area contributed by atoms with Crippen LogP contribution >= 0.6 is 0 Å². The zero-order valence-corrected chi connectivity index (χ0v) is 15.0. The molecule has 1 fully saturated rings. The van der Waals surface area contributed by atoms with Gasteiger partial charge in [-0.2, -0.15) is 0 Å². The molecule has 0 saturated carbocycles. The number of carbonyl (C=O) groups excluding carboxylic acids is 1. The number of aliphatic hydroxyl groups excluding tert-OH is 1. The summed E-state index contributed by atoms with van der Waals surface area (Å²) >= 11 is 0. The number of nitrogens with zero attached hydrogens (tertiary/aromatic N) is 2. The minimum absolute atomic E-state index is 0.0262. The molecule has 1 aliphatic heterocycles. The maximum absolute atomic E-state index is 13.0. The number of aromatic nitrogens is 1. The Morgan fingerprint density at radius 2 is 1.96 bits per heavy atom. The number of hydrogen-bond acceptors (Lipinski definition) is 4. The van der Waals surface area contributed by atoms with Crippen molar-refractivity contribution in [1.29, 1.82) is 0 Å². The number of amides is 1. The summed E-state index contributed by atoms with van der Waals surface area (Å²) in [5.41, 5.74) is 3.50. The first-order valence-electron chi connectivity index (χ1n) is 9.22. The van der Waals surface area contributed by atoms with E-state index >= 15 is 0 Å². The van der Waals surface area contributed by atoms with Crippen LogP contribution in [0.5, 0.6) is 0 Å².